The molecule has 0 fully saturated rings. The third-order valence-electron chi connectivity index (χ3n) is 2.49. The molecular formula is C12H12N2O2. The first-order chi connectivity index (χ1) is 7.63. The first kappa shape index (κ1) is 10.5. The van der Waals surface area contributed by atoms with Crippen LogP contribution in [0.15, 0.2) is 18.2 Å². The third-order valence-corrected chi connectivity index (χ3v) is 2.49. The highest BCUT2D eigenvalue weighted by atomic mass is 16.1. The minimum atomic E-state index is -0.0831. The topological polar surface area (TPSA) is 52.0 Å². The van der Waals surface area contributed by atoms with Gasteiger partial charge in [-0.15, -0.1) is 0 Å². The van der Waals surface area contributed by atoms with E-state index in [1.807, 2.05) is 25.1 Å². The van der Waals surface area contributed by atoms with Crippen LogP contribution in [-0.4, -0.2) is 21.8 Å². The van der Waals surface area contributed by atoms with E-state index in [1.54, 1.807) is 4.68 Å². The Hall–Kier alpha value is -1.97. The smallest absolute Gasteiger partial charge is 0.180 e. The first-order valence-electron chi connectivity index (χ1n) is 5.05. The molecule has 1 aromatic carbocycles. The SMILES string of the molecule is CC(=O)c1nn(CC=O)c2ccc(C)cc12. The van der Waals surface area contributed by atoms with Crippen LogP contribution in [0.25, 0.3) is 10.9 Å². The summed E-state index contributed by atoms with van der Waals surface area (Å²) in [6.07, 6.45) is 0.774. The number of Topliss-reactive ketones (excluding diaryl/α,β-unsaturated/α-hetero) is 1. The highest BCUT2D eigenvalue weighted by molar-refractivity contribution is 6.05. The van der Waals surface area contributed by atoms with Gasteiger partial charge < -0.3 is 4.79 Å². The summed E-state index contributed by atoms with van der Waals surface area (Å²) in [6.45, 7) is 3.61. The second kappa shape index (κ2) is 3.89. The fourth-order valence-electron chi connectivity index (χ4n) is 1.76. The molecule has 0 saturated carbocycles. The van der Waals surface area contributed by atoms with Crippen molar-refractivity contribution in [1.82, 2.24) is 9.78 Å². The Morgan fingerprint density at radius 2 is 2.25 bits per heavy atom. The van der Waals surface area contributed by atoms with Crippen molar-refractivity contribution >= 4 is 23.0 Å². The average molecular weight is 216 g/mol. The van der Waals surface area contributed by atoms with Crippen LogP contribution in [0.4, 0.5) is 0 Å². The fourth-order valence-corrected chi connectivity index (χ4v) is 1.76. The average Bonchev–Trinajstić information content (AvgIpc) is 2.57. The molecule has 0 spiro atoms. The molecule has 16 heavy (non-hydrogen) atoms. The molecule has 2 rings (SSSR count). The van der Waals surface area contributed by atoms with Gasteiger partial charge >= 0.3 is 0 Å². The predicted molar refractivity (Wildman–Crippen MR) is 60.5 cm³/mol. The molecule has 0 amide bonds. The molecule has 1 heterocycles. The molecule has 0 radical (unpaired) electrons. The maximum absolute atomic E-state index is 11.4. The van der Waals surface area contributed by atoms with Crippen LogP contribution in [0.1, 0.15) is 23.0 Å². The van der Waals surface area contributed by atoms with Gasteiger partial charge in [0.1, 0.15) is 12.0 Å². The summed E-state index contributed by atoms with van der Waals surface area (Å²) in [7, 11) is 0. The van der Waals surface area contributed by atoms with Crippen molar-refractivity contribution in [2.45, 2.75) is 20.4 Å². The molecule has 0 bridgehead atoms. The summed E-state index contributed by atoms with van der Waals surface area (Å²) in [6, 6.07) is 5.74. The fraction of sp³-hybridized carbons (Fsp3) is 0.250. The van der Waals surface area contributed by atoms with E-state index in [2.05, 4.69) is 5.10 Å². The zero-order chi connectivity index (χ0) is 11.7. The lowest BCUT2D eigenvalue weighted by Crippen LogP contribution is -2.02. The molecule has 0 N–H and O–H groups in total. The molecule has 4 heteroatoms. The van der Waals surface area contributed by atoms with Crippen LogP contribution in [0.3, 0.4) is 0 Å². The van der Waals surface area contributed by atoms with Gasteiger partial charge in [-0.2, -0.15) is 5.10 Å². The lowest BCUT2D eigenvalue weighted by atomic mass is 10.1. The molecule has 4 nitrogen and oxygen atoms in total. The monoisotopic (exact) mass is 216 g/mol. The molecule has 0 saturated heterocycles. The van der Waals surface area contributed by atoms with Gasteiger partial charge in [0.2, 0.25) is 0 Å². The Balaban J connectivity index is 2.75. The van der Waals surface area contributed by atoms with Crippen LogP contribution in [-0.2, 0) is 11.3 Å². The summed E-state index contributed by atoms with van der Waals surface area (Å²) in [5.41, 5.74) is 2.32. The molecule has 0 aliphatic rings. The van der Waals surface area contributed by atoms with Crippen LogP contribution in [0.5, 0.6) is 0 Å². The molecule has 2 aromatic rings. The number of aromatic nitrogens is 2. The molecule has 0 aliphatic carbocycles. The summed E-state index contributed by atoms with van der Waals surface area (Å²) < 4.78 is 1.55. The summed E-state index contributed by atoms with van der Waals surface area (Å²) in [4.78, 5) is 21.9. The second-order valence-corrected chi connectivity index (χ2v) is 3.77. The van der Waals surface area contributed by atoms with Crippen molar-refractivity contribution in [1.29, 1.82) is 0 Å². The third kappa shape index (κ3) is 1.62. The standard InChI is InChI=1S/C12H12N2O2/c1-8-3-4-11-10(7-8)12(9(2)16)13-14(11)5-6-15/h3-4,6-7H,5H2,1-2H3. The number of hydrogen-bond acceptors (Lipinski definition) is 3. The number of carbonyl (C=O) groups excluding carboxylic acids is 2. The normalized spacial score (nSPS) is 10.6. The largest absolute Gasteiger partial charge is 0.301 e. The van der Waals surface area contributed by atoms with Crippen molar-refractivity contribution < 1.29 is 9.59 Å². The number of aryl methyl sites for hydroxylation is 1. The molecule has 0 aliphatic heterocycles. The van der Waals surface area contributed by atoms with Gasteiger partial charge in [-0.25, -0.2) is 0 Å². The number of rotatable bonds is 3. The zero-order valence-electron chi connectivity index (χ0n) is 9.23. The summed E-state index contributed by atoms with van der Waals surface area (Å²) in [5.74, 6) is -0.0831. The zero-order valence-corrected chi connectivity index (χ0v) is 9.23. The van der Waals surface area contributed by atoms with Gasteiger partial charge in [-0.05, 0) is 19.1 Å². The van der Waals surface area contributed by atoms with Crippen molar-refractivity contribution in [2.24, 2.45) is 0 Å². The minimum absolute atomic E-state index is 0.0831. The number of ketones is 1. The van der Waals surface area contributed by atoms with Gasteiger partial charge in [0.15, 0.2) is 5.78 Å². The number of aldehydes is 1. The van der Waals surface area contributed by atoms with E-state index in [0.29, 0.717) is 5.69 Å². The van der Waals surface area contributed by atoms with Gasteiger partial charge in [0.25, 0.3) is 0 Å². The predicted octanol–water partition coefficient (Wildman–Crippen LogP) is 1.75. The Kier molecular flexibility index (Phi) is 2.56. The van der Waals surface area contributed by atoms with Crippen LogP contribution in [0.2, 0.25) is 0 Å². The Bertz CT molecular complexity index is 570. The maximum atomic E-state index is 11.4. The number of fused-ring (bicyclic) bond motifs is 1. The van der Waals surface area contributed by atoms with Crippen LogP contribution in [0, 0.1) is 6.92 Å². The number of nitrogens with zero attached hydrogens (tertiary/aromatic N) is 2. The van der Waals surface area contributed by atoms with E-state index in [4.69, 9.17) is 0 Å². The van der Waals surface area contributed by atoms with Crippen molar-refractivity contribution in [3.05, 3.63) is 29.5 Å². The highest BCUT2D eigenvalue weighted by Crippen LogP contribution is 2.20. The Morgan fingerprint density at radius 1 is 1.50 bits per heavy atom. The van der Waals surface area contributed by atoms with Gasteiger partial charge in [-0.3, -0.25) is 9.48 Å². The molecule has 0 unspecified atom stereocenters. The van der Waals surface area contributed by atoms with E-state index in [1.165, 1.54) is 6.92 Å². The first-order valence-corrected chi connectivity index (χ1v) is 5.05. The summed E-state index contributed by atoms with van der Waals surface area (Å²) >= 11 is 0. The van der Waals surface area contributed by atoms with E-state index in [-0.39, 0.29) is 12.3 Å². The van der Waals surface area contributed by atoms with E-state index < -0.39 is 0 Å². The molecule has 0 atom stereocenters. The molecule has 1 aromatic heterocycles. The van der Waals surface area contributed by atoms with Crippen LogP contribution >= 0.6 is 0 Å². The molecule has 82 valence electrons. The van der Waals surface area contributed by atoms with Crippen LogP contribution < -0.4 is 0 Å². The van der Waals surface area contributed by atoms with Gasteiger partial charge in [-0.1, -0.05) is 11.6 Å². The van der Waals surface area contributed by atoms with Gasteiger partial charge in [0.05, 0.1) is 12.1 Å². The lowest BCUT2D eigenvalue weighted by molar-refractivity contribution is -0.108. The number of benzene rings is 1. The van der Waals surface area contributed by atoms with E-state index >= 15 is 0 Å². The van der Waals surface area contributed by atoms with E-state index in [0.717, 1.165) is 22.8 Å². The maximum Gasteiger partial charge on any atom is 0.180 e. The summed E-state index contributed by atoms with van der Waals surface area (Å²) in [5, 5.41) is 4.97. The Labute approximate surface area is 92.9 Å². The van der Waals surface area contributed by atoms with Crippen molar-refractivity contribution in [3.8, 4) is 0 Å². The number of carbonyl (C=O) groups is 2. The lowest BCUT2D eigenvalue weighted by Gasteiger charge is -1.97. The van der Waals surface area contributed by atoms with Gasteiger partial charge in [0, 0.05) is 12.3 Å². The quantitative estimate of drug-likeness (QED) is 0.580. The molecular weight excluding hydrogens is 204 g/mol. The Morgan fingerprint density at radius 3 is 2.88 bits per heavy atom. The van der Waals surface area contributed by atoms with Crippen molar-refractivity contribution in [3.63, 3.8) is 0 Å². The highest BCUT2D eigenvalue weighted by Gasteiger charge is 2.13. The van der Waals surface area contributed by atoms with Crippen molar-refractivity contribution in [2.75, 3.05) is 0 Å². The van der Waals surface area contributed by atoms with E-state index in [9.17, 15) is 9.59 Å². The number of hydrogen-bond donors (Lipinski definition) is 0. The second-order valence-electron chi connectivity index (χ2n) is 3.77. The minimum Gasteiger partial charge on any atom is -0.301 e.